The standard InChI is InChI=1S/C21H28O/c1-5-7-18-8-10-19(11-9-18)12-13-20-14-15-21(22-6-2)17(4)16(20)3/h8-11,14-15H,5-7,12-13H2,1-4H3. The van der Waals surface area contributed by atoms with Gasteiger partial charge in [0, 0.05) is 0 Å². The fraction of sp³-hybridized carbons (Fsp3) is 0.429. The normalized spacial score (nSPS) is 10.7. The topological polar surface area (TPSA) is 9.23 Å². The van der Waals surface area contributed by atoms with Crippen LogP contribution in [0.2, 0.25) is 0 Å². The minimum Gasteiger partial charge on any atom is -0.494 e. The van der Waals surface area contributed by atoms with Crippen LogP contribution in [0.4, 0.5) is 0 Å². The van der Waals surface area contributed by atoms with Crippen molar-refractivity contribution in [2.45, 2.75) is 53.4 Å². The summed E-state index contributed by atoms with van der Waals surface area (Å²) in [5.74, 6) is 1.02. The monoisotopic (exact) mass is 296 g/mol. The van der Waals surface area contributed by atoms with E-state index >= 15 is 0 Å². The molecule has 2 aromatic carbocycles. The van der Waals surface area contributed by atoms with Gasteiger partial charge in [-0.1, -0.05) is 43.7 Å². The van der Waals surface area contributed by atoms with Crippen LogP contribution in [-0.2, 0) is 19.3 Å². The molecule has 22 heavy (non-hydrogen) atoms. The SMILES string of the molecule is CCCc1ccc(CCc2ccc(OCC)c(C)c2C)cc1. The molecule has 0 aliphatic heterocycles. The van der Waals surface area contributed by atoms with Crippen LogP contribution in [0.15, 0.2) is 36.4 Å². The second-order valence-electron chi connectivity index (χ2n) is 5.97. The Kier molecular flexibility index (Phi) is 6.06. The van der Waals surface area contributed by atoms with E-state index in [9.17, 15) is 0 Å². The minimum atomic E-state index is 0.726. The molecule has 1 heteroatoms. The van der Waals surface area contributed by atoms with Crippen LogP contribution in [0.25, 0.3) is 0 Å². The average molecular weight is 296 g/mol. The molecule has 0 atom stereocenters. The summed E-state index contributed by atoms with van der Waals surface area (Å²) in [4.78, 5) is 0. The molecule has 0 aliphatic rings. The summed E-state index contributed by atoms with van der Waals surface area (Å²) in [5.41, 5.74) is 6.94. The summed E-state index contributed by atoms with van der Waals surface area (Å²) in [5, 5.41) is 0. The molecular formula is C21H28O. The van der Waals surface area contributed by atoms with Crippen molar-refractivity contribution in [1.29, 1.82) is 0 Å². The second-order valence-corrected chi connectivity index (χ2v) is 5.97. The van der Waals surface area contributed by atoms with Gasteiger partial charge < -0.3 is 4.74 Å². The molecule has 118 valence electrons. The smallest absolute Gasteiger partial charge is 0.122 e. The predicted molar refractivity (Wildman–Crippen MR) is 94.9 cm³/mol. The van der Waals surface area contributed by atoms with Crippen molar-refractivity contribution < 1.29 is 4.74 Å². The van der Waals surface area contributed by atoms with Gasteiger partial charge >= 0.3 is 0 Å². The fourth-order valence-corrected chi connectivity index (χ4v) is 2.87. The Morgan fingerprint density at radius 3 is 1.95 bits per heavy atom. The Bertz CT molecular complexity index is 596. The van der Waals surface area contributed by atoms with Crippen LogP contribution in [-0.4, -0.2) is 6.61 Å². The maximum absolute atomic E-state index is 5.67. The molecule has 0 amide bonds. The highest BCUT2D eigenvalue weighted by Gasteiger charge is 2.07. The molecule has 0 saturated carbocycles. The molecule has 0 N–H and O–H groups in total. The maximum Gasteiger partial charge on any atom is 0.122 e. The molecule has 1 nitrogen and oxygen atoms in total. The van der Waals surface area contributed by atoms with E-state index in [-0.39, 0.29) is 0 Å². The van der Waals surface area contributed by atoms with E-state index in [4.69, 9.17) is 4.74 Å². The van der Waals surface area contributed by atoms with E-state index in [1.807, 2.05) is 6.92 Å². The van der Waals surface area contributed by atoms with Crippen molar-refractivity contribution in [2.75, 3.05) is 6.61 Å². The van der Waals surface area contributed by atoms with Crippen molar-refractivity contribution >= 4 is 0 Å². The fourth-order valence-electron chi connectivity index (χ4n) is 2.87. The molecule has 2 aromatic rings. The number of benzene rings is 2. The van der Waals surface area contributed by atoms with Gasteiger partial charge in [-0.2, -0.15) is 0 Å². The number of aryl methyl sites for hydroxylation is 3. The Balaban J connectivity index is 2.03. The highest BCUT2D eigenvalue weighted by Crippen LogP contribution is 2.25. The highest BCUT2D eigenvalue weighted by molar-refractivity contribution is 5.44. The second kappa shape index (κ2) is 8.03. The zero-order chi connectivity index (χ0) is 15.9. The third kappa shape index (κ3) is 4.13. The lowest BCUT2D eigenvalue weighted by atomic mass is 9.96. The molecule has 0 radical (unpaired) electrons. The van der Waals surface area contributed by atoms with E-state index < -0.39 is 0 Å². The largest absolute Gasteiger partial charge is 0.494 e. The first-order valence-electron chi connectivity index (χ1n) is 8.45. The Hall–Kier alpha value is -1.76. The van der Waals surface area contributed by atoms with Crippen LogP contribution >= 0.6 is 0 Å². The van der Waals surface area contributed by atoms with E-state index in [0.29, 0.717) is 0 Å². The van der Waals surface area contributed by atoms with Gasteiger partial charge in [0.15, 0.2) is 0 Å². The Morgan fingerprint density at radius 2 is 1.36 bits per heavy atom. The van der Waals surface area contributed by atoms with Crippen LogP contribution in [0.5, 0.6) is 5.75 Å². The minimum absolute atomic E-state index is 0.726. The van der Waals surface area contributed by atoms with Gasteiger partial charge in [-0.15, -0.1) is 0 Å². The first-order chi connectivity index (χ1) is 10.7. The summed E-state index contributed by atoms with van der Waals surface area (Å²) < 4.78 is 5.67. The van der Waals surface area contributed by atoms with Gasteiger partial charge in [0.1, 0.15) is 5.75 Å². The van der Waals surface area contributed by atoms with Crippen molar-refractivity contribution in [3.8, 4) is 5.75 Å². The van der Waals surface area contributed by atoms with Crippen molar-refractivity contribution in [3.05, 3.63) is 64.2 Å². The molecule has 0 spiro atoms. The molecular weight excluding hydrogens is 268 g/mol. The van der Waals surface area contributed by atoms with Crippen molar-refractivity contribution in [1.82, 2.24) is 0 Å². The van der Waals surface area contributed by atoms with E-state index in [0.717, 1.165) is 25.2 Å². The number of ether oxygens (including phenoxy) is 1. The van der Waals surface area contributed by atoms with Gasteiger partial charge in [0.2, 0.25) is 0 Å². The molecule has 0 unspecified atom stereocenters. The molecule has 2 rings (SSSR count). The average Bonchev–Trinajstić information content (AvgIpc) is 2.53. The zero-order valence-electron chi connectivity index (χ0n) is 14.4. The van der Waals surface area contributed by atoms with Crippen LogP contribution in [0.1, 0.15) is 48.1 Å². The van der Waals surface area contributed by atoms with Gasteiger partial charge in [-0.05, 0) is 73.9 Å². The Labute approximate surface area is 135 Å². The zero-order valence-corrected chi connectivity index (χ0v) is 14.4. The number of hydrogen-bond donors (Lipinski definition) is 0. The lowest BCUT2D eigenvalue weighted by Crippen LogP contribution is -2.00. The van der Waals surface area contributed by atoms with E-state index in [1.54, 1.807) is 0 Å². The van der Waals surface area contributed by atoms with Gasteiger partial charge in [0.25, 0.3) is 0 Å². The third-order valence-corrected chi connectivity index (χ3v) is 4.39. The maximum atomic E-state index is 5.67. The van der Waals surface area contributed by atoms with Crippen molar-refractivity contribution in [2.24, 2.45) is 0 Å². The van der Waals surface area contributed by atoms with E-state index in [2.05, 4.69) is 57.2 Å². The lowest BCUT2D eigenvalue weighted by Gasteiger charge is -2.14. The summed E-state index contributed by atoms with van der Waals surface area (Å²) >= 11 is 0. The summed E-state index contributed by atoms with van der Waals surface area (Å²) in [6.45, 7) is 9.35. The lowest BCUT2D eigenvalue weighted by molar-refractivity contribution is 0.337. The number of rotatable bonds is 7. The van der Waals surface area contributed by atoms with E-state index in [1.165, 1.54) is 40.7 Å². The van der Waals surface area contributed by atoms with Crippen LogP contribution in [0, 0.1) is 13.8 Å². The van der Waals surface area contributed by atoms with Crippen molar-refractivity contribution in [3.63, 3.8) is 0 Å². The molecule has 0 fully saturated rings. The molecule has 0 heterocycles. The number of hydrogen-bond acceptors (Lipinski definition) is 1. The quantitative estimate of drug-likeness (QED) is 0.661. The van der Waals surface area contributed by atoms with Crippen LogP contribution in [0.3, 0.4) is 0 Å². The first-order valence-corrected chi connectivity index (χ1v) is 8.45. The third-order valence-electron chi connectivity index (χ3n) is 4.39. The summed E-state index contributed by atoms with van der Waals surface area (Å²) in [6, 6.07) is 13.4. The Morgan fingerprint density at radius 1 is 0.727 bits per heavy atom. The predicted octanol–water partition coefficient (Wildman–Crippen LogP) is 5.44. The summed E-state index contributed by atoms with van der Waals surface area (Å²) in [6.07, 6.45) is 4.58. The van der Waals surface area contributed by atoms with Crippen LogP contribution < -0.4 is 4.74 Å². The summed E-state index contributed by atoms with van der Waals surface area (Å²) in [7, 11) is 0. The molecule has 0 saturated heterocycles. The molecule has 0 aromatic heterocycles. The highest BCUT2D eigenvalue weighted by atomic mass is 16.5. The van der Waals surface area contributed by atoms with Gasteiger partial charge in [-0.25, -0.2) is 0 Å². The van der Waals surface area contributed by atoms with Gasteiger partial charge in [-0.3, -0.25) is 0 Å². The van der Waals surface area contributed by atoms with Gasteiger partial charge in [0.05, 0.1) is 6.61 Å². The molecule has 0 bridgehead atoms. The first kappa shape index (κ1) is 16.6. The molecule has 0 aliphatic carbocycles.